The van der Waals surface area contributed by atoms with Crippen LogP contribution >= 0.6 is 0 Å². The van der Waals surface area contributed by atoms with Crippen LogP contribution in [0.4, 0.5) is 21.6 Å². The molecule has 3 aromatic rings. The van der Waals surface area contributed by atoms with E-state index >= 15 is 0 Å². The minimum atomic E-state index is -0.541. The number of benzene rings is 2. The summed E-state index contributed by atoms with van der Waals surface area (Å²) >= 11 is 0. The summed E-state index contributed by atoms with van der Waals surface area (Å²) in [6.07, 6.45) is 5.18. The Balaban J connectivity index is 1.72. The molecule has 1 saturated carbocycles. The van der Waals surface area contributed by atoms with Gasteiger partial charge in [0, 0.05) is 29.1 Å². The molecular weight excluding hydrogens is 379 g/mol. The Morgan fingerprint density at radius 3 is 2.87 bits per heavy atom. The molecule has 7 heteroatoms. The van der Waals surface area contributed by atoms with Gasteiger partial charge in [-0.05, 0) is 55.5 Å². The highest BCUT2D eigenvalue weighted by molar-refractivity contribution is 5.96. The third kappa shape index (κ3) is 3.01. The maximum absolute atomic E-state index is 14.4. The van der Waals surface area contributed by atoms with Crippen molar-refractivity contribution in [3.05, 3.63) is 52.9 Å². The number of hydrogen-bond donors (Lipinski definition) is 3. The first kappa shape index (κ1) is 18.4. The molecule has 0 atom stereocenters. The number of rotatable bonds is 2. The van der Waals surface area contributed by atoms with E-state index in [0.29, 0.717) is 29.2 Å². The van der Waals surface area contributed by atoms with Gasteiger partial charge in [0.1, 0.15) is 11.6 Å². The average Bonchev–Trinajstić information content (AvgIpc) is 3.57. The molecule has 0 saturated heterocycles. The van der Waals surface area contributed by atoms with Crippen molar-refractivity contribution >= 4 is 34.4 Å². The van der Waals surface area contributed by atoms with E-state index in [-0.39, 0.29) is 11.3 Å². The van der Waals surface area contributed by atoms with Gasteiger partial charge in [0.25, 0.3) is 0 Å². The summed E-state index contributed by atoms with van der Waals surface area (Å²) in [4.78, 5) is 6.47. The summed E-state index contributed by atoms with van der Waals surface area (Å²) in [5, 5.41) is 16.5. The Kier molecular flexibility index (Phi) is 4.28. The van der Waals surface area contributed by atoms with Gasteiger partial charge in [-0.15, -0.1) is 0 Å². The van der Waals surface area contributed by atoms with E-state index in [0.717, 1.165) is 36.0 Å². The molecule has 150 valence electrons. The molecule has 0 bridgehead atoms. The standard InChI is InChI=1S/C23H21FN6/c24-18-11-17-21(12-19(18)26)30(13-25)23(27)28-22(17)29-10-2-4-16-15(3-1-5-20(16)29)9-8-14-6-7-14/h1,3,5,11-14,25,27H,2,4,6-7,10,26H2. The number of nitrogens with two attached hydrogens (primary N) is 1. The maximum atomic E-state index is 14.4. The molecule has 1 aliphatic heterocycles. The third-order valence-corrected chi connectivity index (χ3v) is 5.68. The van der Waals surface area contributed by atoms with Crippen molar-refractivity contribution in [1.29, 1.82) is 10.8 Å². The highest BCUT2D eigenvalue weighted by atomic mass is 19.1. The van der Waals surface area contributed by atoms with Crippen LogP contribution in [0.15, 0.2) is 30.3 Å². The summed E-state index contributed by atoms with van der Waals surface area (Å²) in [5.41, 5.74) is 9.31. The van der Waals surface area contributed by atoms with Gasteiger partial charge in [0.05, 0.1) is 17.5 Å². The van der Waals surface area contributed by atoms with Gasteiger partial charge in [-0.25, -0.2) is 4.39 Å². The molecule has 2 heterocycles. The molecule has 0 spiro atoms. The number of fused-ring (bicyclic) bond motifs is 2. The highest BCUT2D eigenvalue weighted by Gasteiger charge is 2.24. The van der Waals surface area contributed by atoms with Gasteiger partial charge in [-0.1, -0.05) is 17.9 Å². The fourth-order valence-corrected chi connectivity index (χ4v) is 3.99. The molecule has 1 fully saturated rings. The largest absolute Gasteiger partial charge is 0.396 e. The molecule has 0 radical (unpaired) electrons. The Bertz CT molecular complexity index is 1310. The average molecular weight is 400 g/mol. The minimum Gasteiger partial charge on any atom is -0.396 e. The quantitative estimate of drug-likeness (QED) is 0.266. The van der Waals surface area contributed by atoms with Crippen LogP contribution in [0.2, 0.25) is 0 Å². The number of nitrogens with zero attached hydrogens (tertiary/aromatic N) is 3. The molecular formula is C23H21FN6. The number of hydrogen-bond acceptors (Lipinski definition) is 5. The fraction of sp³-hybridized carbons (Fsp3) is 0.261. The van der Waals surface area contributed by atoms with Crippen LogP contribution in [0.5, 0.6) is 0 Å². The van der Waals surface area contributed by atoms with Crippen LogP contribution in [0, 0.1) is 34.4 Å². The summed E-state index contributed by atoms with van der Waals surface area (Å²) in [6.45, 7) is 0.703. The molecule has 1 aromatic heterocycles. The van der Waals surface area contributed by atoms with E-state index in [1.807, 2.05) is 23.1 Å². The molecule has 4 N–H and O–H groups in total. The smallest absolute Gasteiger partial charge is 0.229 e. The van der Waals surface area contributed by atoms with Crippen LogP contribution < -0.4 is 16.3 Å². The van der Waals surface area contributed by atoms with E-state index < -0.39 is 5.82 Å². The summed E-state index contributed by atoms with van der Waals surface area (Å²) < 4.78 is 15.7. The van der Waals surface area contributed by atoms with Gasteiger partial charge < -0.3 is 10.6 Å². The normalized spacial score (nSPS) is 15.4. The zero-order chi connectivity index (χ0) is 20.8. The van der Waals surface area contributed by atoms with Crippen molar-refractivity contribution in [3.63, 3.8) is 0 Å². The van der Waals surface area contributed by atoms with Gasteiger partial charge in [0.2, 0.25) is 5.62 Å². The third-order valence-electron chi connectivity index (χ3n) is 5.68. The number of nitrogens with one attached hydrogen (secondary N) is 2. The first-order valence-electron chi connectivity index (χ1n) is 10.0. The summed E-state index contributed by atoms with van der Waals surface area (Å²) in [7, 11) is 0. The lowest BCUT2D eigenvalue weighted by atomic mass is 9.96. The predicted molar refractivity (Wildman–Crippen MR) is 116 cm³/mol. The van der Waals surface area contributed by atoms with Crippen LogP contribution in [-0.2, 0) is 6.42 Å². The van der Waals surface area contributed by atoms with Crippen molar-refractivity contribution < 1.29 is 4.39 Å². The molecule has 0 amide bonds. The lowest BCUT2D eigenvalue weighted by Gasteiger charge is -2.32. The first-order valence-corrected chi connectivity index (χ1v) is 10.0. The van der Waals surface area contributed by atoms with Crippen molar-refractivity contribution in [3.8, 4) is 11.8 Å². The number of anilines is 3. The second-order valence-corrected chi connectivity index (χ2v) is 7.75. The number of halogens is 1. The van der Waals surface area contributed by atoms with E-state index in [1.165, 1.54) is 29.5 Å². The Morgan fingerprint density at radius 1 is 1.27 bits per heavy atom. The van der Waals surface area contributed by atoms with Gasteiger partial charge in [0.15, 0.2) is 0 Å². The predicted octanol–water partition coefficient (Wildman–Crippen LogP) is 3.54. The Hall–Kier alpha value is -3.66. The van der Waals surface area contributed by atoms with Crippen molar-refractivity contribution in [2.24, 2.45) is 5.92 Å². The van der Waals surface area contributed by atoms with E-state index in [2.05, 4.69) is 16.8 Å². The van der Waals surface area contributed by atoms with Crippen LogP contribution in [0.25, 0.3) is 10.9 Å². The molecule has 30 heavy (non-hydrogen) atoms. The minimum absolute atomic E-state index is 0.0219. The summed E-state index contributed by atoms with van der Waals surface area (Å²) in [6, 6.07) is 8.86. The number of aromatic nitrogens is 2. The maximum Gasteiger partial charge on any atom is 0.229 e. The molecule has 2 aromatic carbocycles. The molecule has 0 unspecified atom stereocenters. The molecule has 1 aliphatic carbocycles. The lowest BCUT2D eigenvalue weighted by Crippen LogP contribution is -2.31. The van der Waals surface area contributed by atoms with Crippen LogP contribution in [-0.4, -0.2) is 22.4 Å². The van der Waals surface area contributed by atoms with E-state index in [9.17, 15) is 4.39 Å². The fourth-order valence-electron chi connectivity index (χ4n) is 3.99. The first-order chi connectivity index (χ1) is 14.6. The van der Waals surface area contributed by atoms with E-state index in [4.69, 9.17) is 16.6 Å². The van der Waals surface area contributed by atoms with Crippen molar-refractivity contribution in [2.75, 3.05) is 17.2 Å². The topological polar surface area (TPSA) is 94.8 Å². The SMILES string of the molecule is N=Cn1c(=N)nc(N2CCCc3c(C#CC4CC4)cccc32)c2cc(F)c(N)cc21. The van der Waals surface area contributed by atoms with E-state index in [1.54, 1.807) is 0 Å². The Morgan fingerprint density at radius 2 is 2.10 bits per heavy atom. The zero-order valence-electron chi connectivity index (χ0n) is 16.4. The number of nitrogen functional groups attached to an aromatic ring is 1. The second-order valence-electron chi connectivity index (χ2n) is 7.75. The zero-order valence-corrected chi connectivity index (χ0v) is 16.4. The molecule has 6 nitrogen and oxygen atoms in total. The molecule has 2 aliphatic rings. The van der Waals surface area contributed by atoms with Crippen LogP contribution in [0.3, 0.4) is 0 Å². The Labute approximate surface area is 173 Å². The van der Waals surface area contributed by atoms with Crippen molar-refractivity contribution in [2.45, 2.75) is 25.7 Å². The highest BCUT2D eigenvalue weighted by Crippen LogP contribution is 2.37. The van der Waals surface area contributed by atoms with Gasteiger partial charge in [-0.2, -0.15) is 4.98 Å². The monoisotopic (exact) mass is 400 g/mol. The van der Waals surface area contributed by atoms with Gasteiger partial charge >= 0.3 is 0 Å². The lowest BCUT2D eigenvalue weighted by molar-refractivity contribution is 0.634. The van der Waals surface area contributed by atoms with Crippen molar-refractivity contribution in [1.82, 2.24) is 9.55 Å². The summed E-state index contributed by atoms with van der Waals surface area (Å²) in [5.74, 6) is 7.17. The van der Waals surface area contributed by atoms with Crippen LogP contribution in [0.1, 0.15) is 30.4 Å². The molecule has 5 rings (SSSR count). The van der Waals surface area contributed by atoms with Gasteiger partial charge in [-0.3, -0.25) is 15.4 Å². The second kappa shape index (κ2) is 6.99.